The van der Waals surface area contributed by atoms with Gasteiger partial charge in [-0.3, -0.25) is 4.98 Å². The number of benzene rings is 1. The molecule has 0 unspecified atom stereocenters. The van der Waals surface area contributed by atoms with Crippen molar-refractivity contribution in [2.75, 3.05) is 0 Å². The average Bonchev–Trinajstić information content (AvgIpc) is 2.92. The molecule has 0 amide bonds. The second-order valence-electron chi connectivity index (χ2n) is 5.68. The summed E-state index contributed by atoms with van der Waals surface area (Å²) in [5.41, 5.74) is -1.21. The van der Waals surface area contributed by atoms with Gasteiger partial charge in [0.2, 0.25) is 5.88 Å². The van der Waals surface area contributed by atoms with Crippen molar-refractivity contribution < 1.29 is 18.3 Å². The number of hydrogen-bond donors (Lipinski definition) is 1. The van der Waals surface area contributed by atoms with E-state index < -0.39 is 5.51 Å². The average molecular weight is 380 g/mol. The summed E-state index contributed by atoms with van der Waals surface area (Å²) < 4.78 is 38.5. The molecule has 0 fully saturated rings. The minimum absolute atomic E-state index is 0.0841. The largest absolute Gasteiger partial charge is 0.493 e. The van der Waals surface area contributed by atoms with E-state index in [0.29, 0.717) is 22.8 Å². The van der Waals surface area contributed by atoms with Crippen molar-refractivity contribution in [3.8, 4) is 23.0 Å². The third kappa shape index (κ3) is 3.82. The van der Waals surface area contributed by atoms with Crippen LogP contribution in [0.2, 0.25) is 0 Å². The summed E-state index contributed by atoms with van der Waals surface area (Å²) in [6.45, 7) is 5.41. The van der Waals surface area contributed by atoms with Crippen molar-refractivity contribution >= 4 is 11.8 Å². The van der Waals surface area contributed by atoms with Gasteiger partial charge in [-0.05, 0) is 44.7 Å². The van der Waals surface area contributed by atoms with E-state index in [1.54, 1.807) is 6.92 Å². The lowest BCUT2D eigenvalue weighted by molar-refractivity contribution is -0.0328. The first kappa shape index (κ1) is 18.2. The van der Waals surface area contributed by atoms with E-state index in [1.807, 2.05) is 13.8 Å². The van der Waals surface area contributed by atoms with Gasteiger partial charge in [0.1, 0.15) is 0 Å². The van der Waals surface area contributed by atoms with Gasteiger partial charge in [0, 0.05) is 16.5 Å². The maximum absolute atomic E-state index is 12.4. The topological polar surface area (TPSA) is 63.8 Å². The highest BCUT2D eigenvalue weighted by molar-refractivity contribution is 8.00. The third-order valence-corrected chi connectivity index (χ3v) is 4.47. The van der Waals surface area contributed by atoms with Crippen LogP contribution >= 0.6 is 11.8 Å². The van der Waals surface area contributed by atoms with Gasteiger partial charge in [-0.15, -0.1) is 0 Å². The van der Waals surface area contributed by atoms with Gasteiger partial charge in [-0.1, -0.05) is 12.1 Å². The maximum Gasteiger partial charge on any atom is 0.446 e. The zero-order valence-electron chi connectivity index (χ0n) is 14.2. The number of alkyl halides is 3. The van der Waals surface area contributed by atoms with E-state index in [0.717, 1.165) is 11.4 Å². The molecule has 2 heterocycles. The van der Waals surface area contributed by atoms with Crippen LogP contribution < -0.4 is 0 Å². The summed E-state index contributed by atoms with van der Waals surface area (Å²) in [6.07, 6.45) is 0. The molecule has 3 rings (SSSR count). The Morgan fingerprint density at radius 2 is 1.58 bits per heavy atom. The molecule has 0 spiro atoms. The number of aromatic hydroxyl groups is 1. The number of nitrogens with zero attached hydrogens (tertiary/aromatic N) is 4. The van der Waals surface area contributed by atoms with Crippen LogP contribution in [0.5, 0.6) is 5.88 Å². The highest BCUT2D eigenvalue weighted by atomic mass is 32.2. The minimum atomic E-state index is -4.33. The molecule has 0 saturated heterocycles. The van der Waals surface area contributed by atoms with E-state index in [2.05, 4.69) is 15.1 Å². The molecule has 0 aliphatic heterocycles. The second kappa shape index (κ2) is 6.64. The summed E-state index contributed by atoms with van der Waals surface area (Å²) in [4.78, 5) is 8.87. The predicted molar refractivity (Wildman–Crippen MR) is 92.4 cm³/mol. The first-order valence-electron chi connectivity index (χ1n) is 7.61. The van der Waals surface area contributed by atoms with E-state index in [1.165, 1.54) is 35.0 Å². The fourth-order valence-corrected chi connectivity index (χ4v) is 2.94. The van der Waals surface area contributed by atoms with Crippen molar-refractivity contribution in [3.63, 3.8) is 0 Å². The Morgan fingerprint density at radius 1 is 0.962 bits per heavy atom. The number of aromatic nitrogens is 4. The van der Waals surface area contributed by atoms with Crippen LogP contribution in [-0.4, -0.2) is 30.4 Å². The second-order valence-corrected chi connectivity index (χ2v) is 6.81. The summed E-state index contributed by atoms with van der Waals surface area (Å²) in [6, 6.07) is 7.22. The van der Waals surface area contributed by atoms with E-state index >= 15 is 0 Å². The fraction of sp³-hybridized carbons (Fsp3) is 0.235. The van der Waals surface area contributed by atoms with Crippen molar-refractivity contribution in [1.82, 2.24) is 19.7 Å². The van der Waals surface area contributed by atoms with Gasteiger partial charge in [0.25, 0.3) is 0 Å². The molecule has 0 aliphatic carbocycles. The Balaban J connectivity index is 1.95. The first-order valence-corrected chi connectivity index (χ1v) is 8.43. The van der Waals surface area contributed by atoms with E-state index in [-0.39, 0.29) is 22.5 Å². The summed E-state index contributed by atoms with van der Waals surface area (Å²) in [5, 5.41) is 14.5. The first-order chi connectivity index (χ1) is 12.1. The summed E-state index contributed by atoms with van der Waals surface area (Å²) in [7, 11) is 0. The van der Waals surface area contributed by atoms with Crippen LogP contribution in [0.15, 0.2) is 35.2 Å². The molecule has 5 nitrogen and oxygen atoms in total. The predicted octanol–water partition coefficient (Wildman–Crippen LogP) is 4.57. The molecule has 0 bridgehead atoms. The van der Waals surface area contributed by atoms with E-state index in [4.69, 9.17) is 0 Å². The lowest BCUT2D eigenvalue weighted by atomic mass is 10.2. The smallest absolute Gasteiger partial charge is 0.446 e. The molecule has 2 aromatic heterocycles. The minimum Gasteiger partial charge on any atom is -0.493 e. The molecular weight excluding hydrogens is 365 g/mol. The molecule has 0 saturated carbocycles. The molecule has 0 atom stereocenters. The van der Waals surface area contributed by atoms with Gasteiger partial charge in [0.15, 0.2) is 5.82 Å². The van der Waals surface area contributed by atoms with Crippen LogP contribution in [0, 0.1) is 20.8 Å². The highest BCUT2D eigenvalue weighted by Gasteiger charge is 2.29. The Kier molecular flexibility index (Phi) is 4.66. The number of aryl methyl sites for hydroxylation is 3. The van der Waals surface area contributed by atoms with Crippen molar-refractivity contribution in [2.24, 2.45) is 0 Å². The zero-order valence-corrected chi connectivity index (χ0v) is 15.0. The van der Waals surface area contributed by atoms with Gasteiger partial charge in [-0.25, -0.2) is 4.98 Å². The number of thioether (sulfide) groups is 1. The third-order valence-electron chi connectivity index (χ3n) is 3.73. The Hall–Kier alpha value is -2.55. The normalized spacial score (nSPS) is 11.8. The Bertz CT molecular complexity index is 952. The molecule has 136 valence electrons. The summed E-state index contributed by atoms with van der Waals surface area (Å²) >= 11 is -0.179. The molecule has 1 N–H and O–H groups in total. The Morgan fingerprint density at radius 3 is 2.19 bits per heavy atom. The van der Waals surface area contributed by atoms with Crippen LogP contribution in [0.3, 0.4) is 0 Å². The maximum atomic E-state index is 12.4. The quantitative estimate of drug-likeness (QED) is 0.674. The number of halogens is 3. The fourth-order valence-electron chi connectivity index (χ4n) is 2.40. The van der Waals surface area contributed by atoms with Crippen LogP contribution in [0.1, 0.15) is 17.1 Å². The molecule has 0 aliphatic rings. The monoisotopic (exact) mass is 380 g/mol. The Labute approximate surface area is 151 Å². The summed E-state index contributed by atoms with van der Waals surface area (Å²) in [5.74, 6) is 0.274. The van der Waals surface area contributed by atoms with Crippen molar-refractivity contribution in [1.29, 1.82) is 0 Å². The number of hydrogen-bond acceptors (Lipinski definition) is 5. The molecule has 26 heavy (non-hydrogen) atoms. The lowest BCUT2D eigenvalue weighted by Crippen LogP contribution is -2.07. The van der Waals surface area contributed by atoms with Crippen LogP contribution in [0.25, 0.3) is 17.1 Å². The molecular formula is C17H15F3N4OS. The van der Waals surface area contributed by atoms with Crippen molar-refractivity contribution in [3.05, 3.63) is 47.4 Å². The number of rotatable bonds is 3. The van der Waals surface area contributed by atoms with Gasteiger partial charge < -0.3 is 5.11 Å². The van der Waals surface area contributed by atoms with Gasteiger partial charge in [-0.2, -0.15) is 23.0 Å². The van der Waals surface area contributed by atoms with Gasteiger partial charge >= 0.3 is 5.51 Å². The van der Waals surface area contributed by atoms with E-state index in [9.17, 15) is 18.3 Å². The molecule has 9 heteroatoms. The SMILES string of the molecule is Cc1nc(C)c(-n2nc(-c3ccc(SC(F)(F)F)cc3)cc2O)nc1C. The van der Waals surface area contributed by atoms with Crippen LogP contribution in [0.4, 0.5) is 13.2 Å². The molecule has 0 radical (unpaired) electrons. The van der Waals surface area contributed by atoms with Crippen LogP contribution in [-0.2, 0) is 0 Å². The highest BCUT2D eigenvalue weighted by Crippen LogP contribution is 2.37. The molecule has 3 aromatic rings. The molecule has 1 aromatic carbocycles. The lowest BCUT2D eigenvalue weighted by Gasteiger charge is -2.08. The standard InChI is InChI=1S/C17H15F3N4OS/c1-9-10(2)22-16(11(3)21-9)24-15(25)8-14(23-24)12-4-6-13(7-5-12)26-17(18,19)20/h4-8,25H,1-3H3. The van der Waals surface area contributed by atoms with Crippen molar-refractivity contribution in [2.45, 2.75) is 31.2 Å². The zero-order chi connectivity index (χ0) is 19.1. The van der Waals surface area contributed by atoms with Gasteiger partial charge in [0.05, 0.1) is 22.8 Å².